The molecule has 0 atom stereocenters. The topological polar surface area (TPSA) is 99.1 Å². The van der Waals surface area contributed by atoms with Crippen LogP contribution < -0.4 is 5.73 Å². The first-order valence-electron chi connectivity index (χ1n) is 7.33. The number of rotatable bonds is 5. The Balaban J connectivity index is 0.00000161. The van der Waals surface area contributed by atoms with E-state index >= 15 is 0 Å². The first-order valence-corrected chi connectivity index (χ1v) is 9.05. The monoisotopic (exact) mass is 335 g/mol. The van der Waals surface area contributed by atoms with Gasteiger partial charge in [0.2, 0.25) is 5.89 Å². The van der Waals surface area contributed by atoms with Crippen LogP contribution in [0.2, 0.25) is 0 Å². The Kier molecular flexibility index (Phi) is 4.95. The molecular formula is C13H22ClN3O3S. The second-order valence-electron chi connectivity index (χ2n) is 6.04. The largest absolute Gasteiger partial charge is 0.339 e. The number of halogens is 1. The minimum absolute atomic E-state index is 0. The summed E-state index contributed by atoms with van der Waals surface area (Å²) < 4.78 is 29.5. The van der Waals surface area contributed by atoms with Crippen molar-refractivity contribution in [1.82, 2.24) is 10.1 Å². The number of hydrogen-bond donors (Lipinski definition) is 1. The fourth-order valence-electron chi connectivity index (χ4n) is 2.98. The highest BCUT2D eigenvalue weighted by Crippen LogP contribution is 2.36. The molecule has 2 saturated carbocycles. The van der Waals surface area contributed by atoms with E-state index in [0.29, 0.717) is 18.1 Å². The standard InChI is InChI=1S/C13H21N3O3S.ClH/c14-13(7-3-8-13)12-15-11(19-16-12)6-9-20(17,18)10-4-1-2-5-10;/h10H,1-9,14H2;1H. The van der Waals surface area contributed by atoms with Gasteiger partial charge in [0.1, 0.15) is 0 Å². The SMILES string of the molecule is Cl.NC1(c2noc(CCS(=O)(=O)C3CCCC3)n2)CCC1. The smallest absolute Gasteiger partial charge is 0.227 e. The molecule has 1 aromatic heterocycles. The third-order valence-corrected chi connectivity index (χ3v) is 6.83. The van der Waals surface area contributed by atoms with Crippen molar-refractivity contribution in [3.8, 4) is 0 Å². The van der Waals surface area contributed by atoms with Crippen LogP contribution in [0.5, 0.6) is 0 Å². The summed E-state index contributed by atoms with van der Waals surface area (Å²) in [5, 5.41) is 3.73. The van der Waals surface area contributed by atoms with Gasteiger partial charge in [-0.1, -0.05) is 18.0 Å². The molecule has 1 aromatic rings. The lowest BCUT2D eigenvalue weighted by atomic mass is 9.77. The number of aryl methyl sites for hydroxylation is 1. The van der Waals surface area contributed by atoms with Crippen molar-refractivity contribution in [2.45, 2.75) is 62.2 Å². The molecule has 2 fully saturated rings. The van der Waals surface area contributed by atoms with E-state index in [2.05, 4.69) is 10.1 Å². The Morgan fingerprint density at radius 1 is 1.24 bits per heavy atom. The summed E-state index contributed by atoms with van der Waals surface area (Å²) in [5.41, 5.74) is 5.66. The molecule has 0 spiro atoms. The fraction of sp³-hybridized carbons (Fsp3) is 0.846. The van der Waals surface area contributed by atoms with Gasteiger partial charge in [0, 0.05) is 6.42 Å². The van der Waals surface area contributed by atoms with Crippen molar-refractivity contribution in [2.24, 2.45) is 5.73 Å². The molecule has 6 nitrogen and oxygen atoms in total. The van der Waals surface area contributed by atoms with Crippen molar-refractivity contribution in [2.75, 3.05) is 5.75 Å². The Morgan fingerprint density at radius 3 is 2.48 bits per heavy atom. The van der Waals surface area contributed by atoms with Crippen LogP contribution in [0.1, 0.15) is 56.7 Å². The average molecular weight is 336 g/mol. The van der Waals surface area contributed by atoms with E-state index < -0.39 is 15.4 Å². The molecule has 2 N–H and O–H groups in total. The predicted octanol–water partition coefficient (Wildman–Crippen LogP) is 1.73. The number of nitrogens with zero attached hydrogens (tertiary/aromatic N) is 2. The molecule has 0 amide bonds. The van der Waals surface area contributed by atoms with Crippen LogP contribution >= 0.6 is 12.4 Å². The maximum atomic E-state index is 12.2. The Bertz CT molecular complexity index is 577. The van der Waals surface area contributed by atoms with Crippen molar-refractivity contribution < 1.29 is 12.9 Å². The minimum Gasteiger partial charge on any atom is -0.339 e. The van der Waals surface area contributed by atoms with Gasteiger partial charge in [0.15, 0.2) is 15.7 Å². The van der Waals surface area contributed by atoms with Gasteiger partial charge >= 0.3 is 0 Å². The highest BCUT2D eigenvalue weighted by atomic mass is 35.5. The molecule has 2 aliphatic rings. The van der Waals surface area contributed by atoms with E-state index in [0.717, 1.165) is 44.9 Å². The van der Waals surface area contributed by atoms with Crippen LogP contribution in [0.3, 0.4) is 0 Å². The van der Waals surface area contributed by atoms with E-state index in [-0.39, 0.29) is 23.4 Å². The number of nitrogens with two attached hydrogens (primary N) is 1. The van der Waals surface area contributed by atoms with Crippen LogP contribution in [0.25, 0.3) is 0 Å². The quantitative estimate of drug-likeness (QED) is 0.879. The van der Waals surface area contributed by atoms with E-state index in [4.69, 9.17) is 10.3 Å². The third kappa shape index (κ3) is 3.40. The van der Waals surface area contributed by atoms with E-state index in [1.54, 1.807) is 0 Å². The van der Waals surface area contributed by atoms with Crippen LogP contribution in [0, 0.1) is 0 Å². The first-order chi connectivity index (χ1) is 9.50. The lowest BCUT2D eigenvalue weighted by molar-refractivity contribution is 0.229. The second kappa shape index (κ2) is 6.22. The number of aromatic nitrogens is 2. The highest BCUT2D eigenvalue weighted by Gasteiger charge is 2.39. The summed E-state index contributed by atoms with van der Waals surface area (Å²) in [7, 11) is -3.04. The first kappa shape index (κ1) is 16.7. The maximum absolute atomic E-state index is 12.2. The maximum Gasteiger partial charge on any atom is 0.227 e. The minimum atomic E-state index is -3.04. The third-order valence-electron chi connectivity index (χ3n) is 4.57. The zero-order valence-electron chi connectivity index (χ0n) is 12.0. The second-order valence-corrected chi connectivity index (χ2v) is 8.45. The lowest BCUT2D eigenvalue weighted by Gasteiger charge is -2.34. The van der Waals surface area contributed by atoms with E-state index in [1.165, 1.54) is 0 Å². The van der Waals surface area contributed by atoms with Gasteiger partial charge in [-0.3, -0.25) is 0 Å². The van der Waals surface area contributed by atoms with E-state index in [9.17, 15) is 8.42 Å². The van der Waals surface area contributed by atoms with E-state index in [1.807, 2.05) is 0 Å². The highest BCUT2D eigenvalue weighted by molar-refractivity contribution is 7.92. The Hall–Kier alpha value is -0.660. The van der Waals surface area contributed by atoms with Gasteiger partial charge in [0.05, 0.1) is 16.5 Å². The van der Waals surface area contributed by atoms with Gasteiger partial charge in [-0.2, -0.15) is 4.98 Å². The molecule has 3 rings (SSSR count). The molecule has 2 aliphatic carbocycles. The van der Waals surface area contributed by atoms with Gasteiger partial charge < -0.3 is 10.3 Å². The summed E-state index contributed by atoms with van der Waals surface area (Å²) in [6.45, 7) is 0. The molecule has 8 heteroatoms. The summed E-state index contributed by atoms with van der Waals surface area (Å²) in [6, 6.07) is 0. The molecule has 0 aliphatic heterocycles. The predicted molar refractivity (Wildman–Crippen MR) is 81.0 cm³/mol. The fourth-order valence-corrected chi connectivity index (χ4v) is 4.83. The normalized spacial score (nSPS) is 21.8. The summed E-state index contributed by atoms with van der Waals surface area (Å²) >= 11 is 0. The molecule has 21 heavy (non-hydrogen) atoms. The zero-order valence-corrected chi connectivity index (χ0v) is 13.6. The van der Waals surface area contributed by atoms with Crippen molar-refractivity contribution in [3.05, 3.63) is 11.7 Å². The van der Waals surface area contributed by atoms with Crippen LogP contribution in [0.4, 0.5) is 0 Å². The van der Waals surface area contributed by atoms with Crippen LogP contribution in [0.15, 0.2) is 4.52 Å². The summed E-state index contributed by atoms with van der Waals surface area (Å²) in [5.74, 6) is 1.01. The van der Waals surface area contributed by atoms with Crippen molar-refractivity contribution in [3.63, 3.8) is 0 Å². The van der Waals surface area contributed by atoms with Gasteiger partial charge in [-0.15, -0.1) is 12.4 Å². The van der Waals surface area contributed by atoms with Crippen molar-refractivity contribution in [1.29, 1.82) is 0 Å². The average Bonchev–Trinajstić information content (AvgIpc) is 3.05. The molecule has 0 radical (unpaired) electrons. The Morgan fingerprint density at radius 2 is 1.90 bits per heavy atom. The molecule has 120 valence electrons. The van der Waals surface area contributed by atoms with Gasteiger partial charge in [-0.25, -0.2) is 8.42 Å². The molecular weight excluding hydrogens is 314 g/mol. The Labute approximate surface area is 131 Å². The molecule has 1 heterocycles. The zero-order chi connectivity index (χ0) is 14.2. The molecule has 0 saturated heterocycles. The summed E-state index contributed by atoms with van der Waals surface area (Å²) in [4.78, 5) is 4.27. The van der Waals surface area contributed by atoms with Crippen LogP contribution in [-0.2, 0) is 21.8 Å². The number of hydrogen-bond acceptors (Lipinski definition) is 6. The molecule has 0 aromatic carbocycles. The number of sulfone groups is 1. The summed E-state index contributed by atoms with van der Waals surface area (Å²) in [6.07, 6.45) is 6.73. The molecule has 0 bridgehead atoms. The van der Waals surface area contributed by atoms with Crippen molar-refractivity contribution >= 4 is 22.2 Å². The van der Waals surface area contributed by atoms with Crippen LogP contribution in [-0.4, -0.2) is 29.6 Å². The lowest BCUT2D eigenvalue weighted by Crippen LogP contribution is -2.44. The molecule has 0 unspecified atom stereocenters. The van der Waals surface area contributed by atoms with Gasteiger partial charge in [-0.05, 0) is 32.1 Å². The van der Waals surface area contributed by atoms with Gasteiger partial charge in [0.25, 0.3) is 0 Å².